The zero-order valence-corrected chi connectivity index (χ0v) is 38.2. The van der Waals surface area contributed by atoms with E-state index in [4.69, 9.17) is 4.99 Å². The Morgan fingerprint density at radius 1 is 0.406 bits per heavy atom. The SMILES string of the molecule is CC1(C)c2ccccc2-c2c(C3=Nc4ccccc4C(c4cccc5c(-n6c7ccccc7c7cc8cccc(-n9c%10ccccc%10c%10ccc%11ccccc%11c%109)c8cc76)cccc45)N3)cccc21. The highest BCUT2D eigenvalue weighted by Crippen LogP contribution is 2.51. The quantitative estimate of drug-likeness (QED) is 0.188. The molecule has 1 aliphatic carbocycles. The molecule has 13 aromatic rings. The van der Waals surface area contributed by atoms with Crippen molar-refractivity contribution >= 4 is 87.5 Å². The van der Waals surface area contributed by atoms with Gasteiger partial charge in [-0.05, 0) is 86.4 Å². The minimum Gasteiger partial charge on any atom is -0.359 e. The lowest BCUT2D eigenvalue weighted by molar-refractivity contribution is 0.660. The van der Waals surface area contributed by atoms with Crippen molar-refractivity contribution in [1.29, 1.82) is 0 Å². The number of fused-ring (bicyclic) bond motifs is 14. The number of rotatable bonds is 4. The summed E-state index contributed by atoms with van der Waals surface area (Å²) in [7, 11) is 0. The normalized spacial score (nSPS) is 15.0. The molecule has 1 N–H and O–H groups in total. The van der Waals surface area contributed by atoms with Gasteiger partial charge in [0.2, 0.25) is 0 Å². The first-order chi connectivity index (χ1) is 34.0. The van der Waals surface area contributed by atoms with Crippen LogP contribution in [0.2, 0.25) is 0 Å². The Morgan fingerprint density at radius 2 is 1.01 bits per heavy atom. The number of hydrogen-bond donors (Lipinski definition) is 1. The molecular weight excluding hydrogens is 837 g/mol. The lowest BCUT2D eigenvalue weighted by atomic mass is 9.82. The number of aromatic nitrogens is 2. The van der Waals surface area contributed by atoms with E-state index < -0.39 is 0 Å². The molecule has 3 heterocycles. The van der Waals surface area contributed by atoms with Gasteiger partial charge in [0.05, 0.1) is 45.2 Å². The van der Waals surface area contributed by atoms with Crippen LogP contribution in [0.25, 0.3) is 98.4 Å². The standard InChI is InChI=1S/C65H44N4/c1-65(2)53-28-9-5-22-48(53)61-50(27-15-29-54(61)65)64-66-55-30-10-6-23-49(55)62(67-64)46-26-14-25-43-42(46)24-16-34-57(43)68-56-31-11-8-21-45(56)52-37-40-18-13-33-59(51(40)38-60(52)68)69-58-32-12-7-20-44(58)47-36-35-39-17-3-4-19-41(39)63(47)69/h3-38,62H,1-2H3,(H,66,67). The summed E-state index contributed by atoms with van der Waals surface area (Å²) in [4.78, 5) is 5.39. The van der Waals surface area contributed by atoms with Crippen LogP contribution in [0.3, 0.4) is 0 Å². The number of para-hydroxylation sites is 3. The van der Waals surface area contributed by atoms with E-state index in [1.54, 1.807) is 0 Å². The van der Waals surface area contributed by atoms with Crippen LogP contribution >= 0.6 is 0 Å². The van der Waals surface area contributed by atoms with Gasteiger partial charge >= 0.3 is 0 Å². The number of aliphatic imine (C=N–C) groups is 1. The fourth-order valence-electron chi connectivity index (χ4n) is 12.5. The molecule has 1 unspecified atom stereocenters. The molecule has 15 rings (SSSR count). The highest BCUT2D eigenvalue weighted by Gasteiger charge is 2.38. The topological polar surface area (TPSA) is 34.2 Å². The smallest absolute Gasteiger partial charge is 0.135 e. The first-order valence-corrected chi connectivity index (χ1v) is 24.1. The highest BCUT2D eigenvalue weighted by atomic mass is 15.1. The van der Waals surface area contributed by atoms with Crippen LogP contribution in [0.5, 0.6) is 0 Å². The Morgan fingerprint density at radius 3 is 1.90 bits per heavy atom. The molecule has 2 aromatic heterocycles. The number of nitrogens with zero attached hydrogens (tertiary/aromatic N) is 3. The Bertz CT molecular complexity index is 4390. The fraction of sp³-hybridized carbons (Fsp3) is 0.0615. The predicted octanol–water partition coefficient (Wildman–Crippen LogP) is 16.4. The van der Waals surface area contributed by atoms with Gasteiger partial charge in [0.1, 0.15) is 5.84 Å². The zero-order valence-electron chi connectivity index (χ0n) is 38.2. The second kappa shape index (κ2) is 14.1. The molecule has 0 saturated carbocycles. The molecule has 324 valence electrons. The third kappa shape index (κ3) is 5.31. The molecular formula is C65H44N4. The van der Waals surface area contributed by atoms with Gasteiger partial charge in [-0.1, -0.05) is 190 Å². The number of amidine groups is 1. The summed E-state index contributed by atoms with van der Waals surface area (Å²) in [6.07, 6.45) is 0. The minimum absolute atomic E-state index is 0.110. The lowest BCUT2D eigenvalue weighted by Gasteiger charge is -2.30. The van der Waals surface area contributed by atoms with Crippen molar-refractivity contribution in [3.63, 3.8) is 0 Å². The number of nitrogens with one attached hydrogen (secondary N) is 1. The molecule has 0 radical (unpaired) electrons. The van der Waals surface area contributed by atoms with Crippen LogP contribution in [0.1, 0.15) is 47.7 Å². The first kappa shape index (κ1) is 38.4. The predicted molar refractivity (Wildman–Crippen MR) is 289 cm³/mol. The van der Waals surface area contributed by atoms with E-state index in [1.165, 1.54) is 115 Å². The molecule has 0 fully saturated rings. The summed E-state index contributed by atoms with van der Waals surface area (Å²) in [5.74, 6) is 0.900. The number of hydrogen-bond acceptors (Lipinski definition) is 2. The average Bonchev–Trinajstić information content (AvgIpc) is 4.00. The Kier molecular flexibility index (Phi) is 7.87. The molecule has 0 amide bonds. The molecule has 4 nitrogen and oxygen atoms in total. The van der Waals surface area contributed by atoms with Crippen LogP contribution in [0, 0.1) is 0 Å². The van der Waals surface area contributed by atoms with E-state index in [0.717, 1.165) is 22.8 Å². The Balaban J connectivity index is 0.941. The van der Waals surface area contributed by atoms with Crippen molar-refractivity contribution in [2.45, 2.75) is 25.3 Å². The van der Waals surface area contributed by atoms with Crippen LogP contribution in [0.15, 0.2) is 223 Å². The van der Waals surface area contributed by atoms with Gasteiger partial charge in [-0.25, -0.2) is 4.99 Å². The van der Waals surface area contributed by atoms with E-state index in [2.05, 4.69) is 247 Å². The third-order valence-corrected chi connectivity index (χ3v) is 15.6. The van der Waals surface area contributed by atoms with Gasteiger partial charge in [-0.15, -0.1) is 0 Å². The summed E-state index contributed by atoms with van der Waals surface area (Å²) in [6, 6.07) is 80.6. The molecule has 0 bridgehead atoms. The van der Waals surface area contributed by atoms with Crippen molar-refractivity contribution in [3.05, 3.63) is 246 Å². The van der Waals surface area contributed by atoms with E-state index in [9.17, 15) is 0 Å². The van der Waals surface area contributed by atoms with Crippen molar-refractivity contribution in [1.82, 2.24) is 14.5 Å². The maximum Gasteiger partial charge on any atom is 0.135 e. The van der Waals surface area contributed by atoms with E-state index in [1.807, 2.05) is 0 Å². The number of benzene rings is 11. The van der Waals surface area contributed by atoms with E-state index in [0.29, 0.717) is 0 Å². The van der Waals surface area contributed by atoms with Gasteiger partial charge < -0.3 is 14.5 Å². The second-order valence-electron chi connectivity index (χ2n) is 19.5. The second-order valence-corrected chi connectivity index (χ2v) is 19.5. The Labute approximate surface area is 399 Å². The van der Waals surface area contributed by atoms with Gasteiger partial charge in [0, 0.05) is 54.2 Å². The van der Waals surface area contributed by atoms with Crippen LogP contribution in [-0.4, -0.2) is 15.0 Å². The zero-order chi connectivity index (χ0) is 45.5. The summed E-state index contributed by atoms with van der Waals surface area (Å²) in [6.45, 7) is 4.69. The van der Waals surface area contributed by atoms with Crippen molar-refractivity contribution in [3.8, 4) is 22.5 Å². The maximum absolute atomic E-state index is 5.39. The van der Waals surface area contributed by atoms with E-state index in [-0.39, 0.29) is 11.5 Å². The molecule has 1 aliphatic heterocycles. The Hall–Kier alpha value is -8.73. The molecule has 0 spiro atoms. The first-order valence-electron chi connectivity index (χ1n) is 24.1. The molecule has 2 aliphatic rings. The highest BCUT2D eigenvalue weighted by molar-refractivity contribution is 6.21. The maximum atomic E-state index is 5.39. The molecule has 11 aromatic carbocycles. The third-order valence-electron chi connectivity index (χ3n) is 15.6. The van der Waals surface area contributed by atoms with Crippen LogP contribution in [-0.2, 0) is 5.41 Å². The van der Waals surface area contributed by atoms with Gasteiger partial charge in [0.15, 0.2) is 0 Å². The summed E-state index contributed by atoms with van der Waals surface area (Å²) in [5.41, 5.74) is 16.8. The lowest BCUT2D eigenvalue weighted by Crippen LogP contribution is -2.33. The monoisotopic (exact) mass is 880 g/mol. The largest absolute Gasteiger partial charge is 0.359 e. The average molecular weight is 881 g/mol. The van der Waals surface area contributed by atoms with Crippen LogP contribution in [0.4, 0.5) is 5.69 Å². The van der Waals surface area contributed by atoms with Crippen LogP contribution < -0.4 is 5.32 Å². The molecule has 69 heavy (non-hydrogen) atoms. The molecule has 1 atom stereocenters. The van der Waals surface area contributed by atoms with Gasteiger partial charge in [0.25, 0.3) is 0 Å². The van der Waals surface area contributed by atoms with E-state index >= 15 is 0 Å². The fourth-order valence-corrected chi connectivity index (χ4v) is 12.5. The van der Waals surface area contributed by atoms with Gasteiger partial charge in [-0.2, -0.15) is 0 Å². The summed E-state index contributed by atoms with van der Waals surface area (Å²) < 4.78 is 5.02. The van der Waals surface area contributed by atoms with Crippen molar-refractivity contribution in [2.24, 2.45) is 4.99 Å². The van der Waals surface area contributed by atoms with Gasteiger partial charge in [-0.3, -0.25) is 0 Å². The molecule has 0 saturated heterocycles. The molecule has 4 heteroatoms. The van der Waals surface area contributed by atoms with Crippen molar-refractivity contribution in [2.75, 3.05) is 0 Å². The van der Waals surface area contributed by atoms with Crippen molar-refractivity contribution < 1.29 is 0 Å². The summed E-state index contributed by atoms with van der Waals surface area (Å²) >= 11 is 0. The minimum atomic E-state index is -0.139. The summed E-state index contributed by atoms with van der Waals surface area (Å²) in [5, 5.41) is 16.4.